The lowest BCUT2D eigenvalue weighted by atomic mass is 10.2. The monoisotopic (exact) mass is 312 g/mol. The molecule has 3 aromatic rings. The third-order valence-electron chi connectivity index (χ3n) is 3.10. The molecule has 0 saturated heterocycles. The number of pyridine rings is 1. The summed E-state index contributed by atoms with van der Waals surface area (Å²) >= 11 is 5.88. The molecule has 4 nitrogen and oxygen atoms in total. The third-order valence-corrected chi connectivity index (χ3v) is 3.33. The van der Waals surface area contributed by atoms with Gasteiger partial charge >= 0.3 is 6.09 Å². The molecule has 1 N–H and O–H groups in total. The molecule has 0 saturated carbocycles. The average Bonchev–Trinajstić information content (AvgIpc) is 2.48. The van der Waals surface area contributed by atoms with Crippen molar-refractivity contribution in [3.8, 4) is 5.75 Å². The summed E-state index contributed by atoms with van der Waals surface area (Å²) in [5.41, 5.74) is 2.09. The summed E-state index contributed by atoms with van der Waals surface area (Å²) in [4.78, 5) is 16.4. The van der Waals surface area contributed by atoms with Gasteiger partial charge in [-0.2, -0.15) is 0 Å². The Morgan fingerprint density at radius 3 is 2.77 bits per heavy atom. The topological polar surface area (TPSA) is 51.2 Å². The molecule has 1 amide bonds. The second-order valence-electron chi connectivity index (χ2n) is 4.81. The second-order valence-corrected chi connectivity index (χ2v) is 5.24. The van der Waals surface area contributed by atoms with Crippen LogP contribution in [-0.4, -0.2) is 11.1 Å². The Bertz CT molecular complexity index is 849. The van der Waals surface area contributed by atoms with Crippen LogP contribution < -0.4 is 10.1 Å². The van der Waals surface area contributed by atoms with Gasteiger partial charge in [0.1, 0.15) is 5.52 Å². The summed E-state index contributed by atoms with van der Waals surface area (Å²) in [6.45, 7) is 1.89. The molecule has 0 bridgehead atoms. The molecule has 0 atom stereocenters. The van der Waals surface area contributed by atoms with Crippen molar-refractivity contribution in [2.75, 3.05) is 5.32 Å². The zero-order valence-electron chi connectivity index (χ0n) is 11.8. The van der Waals surface area contributed by atoms with Gasteiger partial charge in [-0.15, -0.1) is 0 Å². The largest absolute Gasteiger partial charge is 0.417 e. The highest BCUT2D eigenvalue weighted by Crippen LogP contribution is 2.24. The predicted octanol–water partition coefficient (Wildman–Crippen LogP) is 4.81. The molecule has 5 heteroatoms. The highest BCUT2D eigenvalue weighted by atomic mass is 35.5. The van der Waals surface area contributed by atoms with Gasteiger partial charge in [-0.05, 0) is 37.3 Å². The maximum absolute atomic E-state index is 12.0. The van der Waals surface area contributed by atoms with Crippen molar-refractivity contribution in [2.24, 2.45) is 0 Å². The van der Waals surface area contributed by atoms with Crippen LogP contribution in [0, 0.1) is 6.92 Å². The molecule has 110 valence electrons. The number of anilines is 1. The van der Waals surface area contributed by atoms with Crippen LogP contribution >= 0.6 is 11.6 Å². The van der Waals surface area contributed by atoms with E-state index in [-0.39, 0.29) is 0 Å². The number of carbonyl (C=O) groups excluding carboxylic acids is 1. The molecule has 0 aliphatic heterocycles. The number of aryl methyl sites for hydroxylation is 1. The number of carbonyl (C=O) groups is 1. The molecule has 0 radical (unpaired) electrons. The lowest BCUT2D eigenvalue weighted by molar-refractivity contribution is 0.215. The first-order chi connectivity index (χ1) is 10.6. The number of fused-ring (bicyclic) bond motifs is 1. The Kier molecular flexibility index (Phi) is 3.94. The van der Waals surface area contributed by atoms with Crippen LogP contribution in [0.5, 0.6) is 5.75 Å². The fourth-order valence-electron chi connectivity index (χ4n) is 2.11. The summed E-state index contributed by atoms with van der Waals surface area (Å²) in [5, 5.41) is 4.09. The van der Waals surface area contributed by atoms with E-state index in [0.29, 0.717) is 22.0 Å². The molecular weight excluding hydrogens is 300 g/mol. The van der Waals surface area contributed by atoms with Crippen molar-refractivity contribution in [3.05, 3.63) is 65.3 Å². The summed E-state index contributed by atoms with van der Waals surface area (Å²) in [6, 6.07) is 16.2. The fraction of sp³-hybridized carbons (Fsp3) is 0.0588. The Morgan fingerprint density at radius 2 is 1.95 bits per heavy atom. The van der Waals surface area contributed by atoms with Gasteiger partial charge in [0.25, 0.3) is 0 Å². The second kappa shape index (κ2) is 6.03. The molecule has 0 unspecified atom stereocenters. The maximum atomic E-state index is 12.0. The number of ether oxygens (including phenoxy) is 1. The van der Waals surface area contributed by atoms with Gasteiger partial charge in [0.05, 0.1) is 0 Å². The van der Waals surface area contributed by atoms with Crippen molar-refractivity contribution in [1.82, 2.24) is 4.98 Å². The summed E-state index contributed by atoms with van der Waals surface area (Å²) in [5.74, 6) is 0.417. The molecule has 0 fully saturated rings. The van der Waals surface area contributed by atoms with Crippen LogP contribution in [0.1, 0.15) is 5.69 Å². The first-order valence-electron chi connectivity index (χ1n) is 6.72. The first kappa shape index (κ1) is 14.4. The van der Waals surface area contributed by atoms with E-state index in [1.54, 1.807) is 30.3 Å². The number of hydrogen-bond acceptors (Lipinski definition) is 3. The molecule has 22 heavy (non-hydrogen) atoms. The SMILES string of the molecule is Cc1ccc2cccc(OC(=O)Nc3cccc(Cl)c3)c2n1. The van der Waals surface area contributed by atoms with E-state index in [9.17, 15) is 4.79 Å². The van der Waals surface area contributed by atoms with E-state index in [2.05, 4.69) is 10.3 Å². The molecule has 1 aromatic heterocycles. The normalized spacial score (nSPS) is 10.5. The Labute approximate surface area is 132 Å². The van der Waals surface area contributed by atoms with Crippen molar-refractivity contribution in [3.63, 3.8) is 0 Å². The molecular formula is C17H13ClN2O2. The summed E-state index contributed by atoms with van der Waals surface area (Å²) in [7, 11) is 0. The highest BCUT2D eigenvalue weighted by molar-refractivity contribution is 6.30. The van der Waals surface area contributed by atoms with Crippen LogP contribution in [0.15, 0.2) is 54.6 Å². The van der Waals surface area contributed by atoms with Gasteiger partial charge in [-0.25, -0.2) is 9.78 Å². The van der Waals surface area contributed by atoms with Gasteiger partial charge < -0.3 is 4.74 Å². The Balaban J connectivity index is 1.83. The minimum atomic E-state index is -0.585. The van der Waals surface area contributed by atoms with Crippen LogP contribution in [-0.2, 0) is 0 Å². The summed E-state index contributed by atoms with van der Waals surface area (Å²) < 4.78 is 5.37. The number of nitrogens with zero attached hydrogens (tertiary/aromatic N) is 1. The van der Waals surface area contributed by atoms with Gasteiger partial charge in [-0.1, -0.05) is 35.9 Å². The molecule has 3 rings (SSSR count). The number of rotatable bonds is 2. The standard InChI is InChI=1S/C17H13ClN2O2/c1-11-8-9-12-4-2-7-15(16(12)19-11)22-17(21)20-14-6-3-5-13(18)10-14/h2-10H,1H3,(H,20,21). The lowest BCUT2D eigenvalue weighted by Crippen LogP contribution is -2.17. The van der Waals surface area contributed by atoms with Crippen molar-refractivity contribution < 1.29 is 9.53 Å². The molecule has 0 spiro atoms. The van der Waals surface area contributed by atoms with E-state index in [0.717, 1.165) is 11.1 Å². The Hall–Kier alpha value is -2.59. The van der Waals surface area contributed by atoms with Crippen LogP contribution in [0.25, 0.3) is 10.9 Å². The van der Waals surface area contributed by atoms with E-state index < -0.39 is 6.09 Å². The number of halogens is 1. The maximum Gasteiger partial charge on any atom is 0.417 e. The van der Waals surface area contributed by atoms with Crippen molar-refractivity contribution in [2.45, 2.75) is 6.92 Å². The van der Waals surface area contributed by atoms with Gasteiger partial charge in [0.2, 0.25) is 0 Å². The number of nitrogens with one attached hydrogen (secondary N) is 1. The zero-order valence-corrected chi connectivity index (χ0v) is 12.6. The first-order valence-corrected chi connectivity index (χ1v) is 7.10. The van der Waals surface area contributed by atoms with Gasteiger partial charge in [0.15, 0.2) is 5.75 Å². The number of amides is 1. The molecule has 1 heterocycles. The molecule has 2 aromatic carbocycles. The highest BCUT2D eigenvalue weighted by Gasteiger charge is 2.09. The van der Waals surface area contributed by atoms with E-state index in [1.165, 1.54) is 0 Å². The number of hydrogen-bond donors (Lipinski definition) is 1. The van der Waals surface area contributed by atoms with Crippen LogP contribution in [0.2, 0.25) is 5.02 Å². The summed E-state index contributed by atoms with van der Waals surface area (Å²) in [6.07, 6.45) is -0.585. The van der Waals surface area contributed by atoms with Gasteiger partial charge in [0, 0.05) is 21.8 Å². The van der Waals surface area contributed by atoms with Gasteiger partial charge in [-0.3, -0.25) is 5.32 Å². The smallest absolute Gasteiger partial charge is 0.408 e. The third kappa shape index (κ3) is 3.18. The molecule has 0 aliphatic rings. The number of aromatic nitrogens is 1. The minimum absolute atomic E-state index is 0.417. The lowest BCUT2D eigenvalue weighted by Gasteiger charge is -2.09. The average molecular weight is 313 g/mol. The van der Waals surface area contributed by atoms with Crippen molar-refractivity contribution in [1.29, 1.82) is 0 Å². The molecule has 0 aliphatic carbocycles. The van der Waals surface area contributed by atoms with Crippen LogP contribution in [0.3, 0.4) is 0 Å². The quantitative estimate of drug-likeness (QED) is 0.739. The predicted molar refractivity (Wildman–Crippen MR) is 87.6 cm³/mol. The zero-order chi connectivity index (χ0) is 15.5. The number of benzene rings is 2. The van der Waals surface area contributed by atoms with E-state index in [1.807, 2.05) is 31.2 Å². The Morgan fingerprint density at radius 1 is 1.14 bits per heavy atom. The number of para-hydroxylation sites is 1. The van der Waals surface area contributed by atoms with E-state index >= 15 is 0 Å². The van der Waals surface area contributed by atoms with Crippen LogP contribution in [0.4, 0.5) is 10.5 Å². The van der Waals surface area contributed by atoms with Crippen molar-refractivity contribution >= 4 is 34.3 Å². The fourth-order valence-corrected chi connectivity index (χ4v) is 2.30. The minimum Gasteiger partial charge on any atom is -0.408 e. The van der Waals surface area contributed by atoms with E-state index in [4.69, 9.17) is 16.3 Å².